The van der Waals surface area contributed by atoms with E-state index in [9.17, 15) is 9.59 Å². The molecule has 0 saturated carbocycles. The second-order valence-corrected chi connectivity index (χ2v) is 3.28. The molecule has 0 aliphatic heterocycles. The molecule has 0 bridgehead atoms. The number of ether oxygens (including phenoxy) is 1. The van der Waals surface area contributed by atoms with Gasteiger partial charge in [-0.25, -0.2) is 4.79 Å². The van der Waals surface area contributed by atoms with Crippen LogP contribution < -0.4 is 0 Å². The molecule has 0 aromatic heterocycles. The van der Waals surface area contributed by atoms with Crippen molar-refractivity contribution >= 4 is 35.5 Å². The predicted molar refractivity (Wildman–Crippen MR) is 53.2 cm³/mol. The van der Waals surface area contributed by atoms with Crippen molar-refractivity contribution in [3.63, 3.8) is 0 Å². The topological polar surface area (TPSA) is 43.4 Å². The lowest BCUT2D eigenvalue weighted by Crippen LogP contribution is -2.03. The summed E-state index contributed by atoms with van der Waals surface area (Å²) < 4.78 is 4.48. The van der Waals surface area contributed by atoms with Crippen molar-refractivity contribution in [2.24, 2.45) is 0 Å². The van der Waals surface area contributed by atoms with Crippen molar-refractivity contribution < 1.29 is 14.3 Å². The van der Waals surface area contributed by atoms with Gasteiger partial charge in [-0.05, 0) is 12.1 Å². The summed E-state index contributed by atoms with van der Waals surface area (Å²) in [5.41, 5.74) is 0.383. The minimum absolute atomic E-state index is 0.0708. The van der Waals surface area contributed by atoms with Crippen LogP contribution in [-0.2, 0) is 4.74 Å². The smallest absolute Gasteiger partial charge is 0.340 e. The Morgan fingerprint density at radius 2 is 1.86 bits per heavy atom. The zero-order chi connectivity index (χ0) is 10.7. The van der Waals surface area contributed by atoms with Crippen LogP contribution in [0.25, 0.3) is 0 Å². The van der Waals surface area contributed by atoms with Gasteiger partial charge >= 0.3 is 5.97 Å². The lowest BCUT2D eigenvalue weighted by atomic mass is 10.1. The third kappa shape index (κ3) is 2.05. The Labute approximate surface area is 90.6 Å². The summed E-state index contributed by atoms with van der Waals surface area (Å²) in [4.78, 5) is 21.6. The van der Waals surface area contributed by atoms with Crippen LogP contribution in [-0.4, -0.2) is 19.4 Å². The second kappa shape index (κ2) is 4.44. The molecule has 5 heteroatoms. The number of hydrogen-bond acceptors (Lipinski definition) is 3. The zero-order valence-corrected chi connectivity index (χ0v) is 8.72. The van der Waals surface area contributed by atoms with Gasteiger partial charge in [-0.1, -0.05) is 23.2 Å². The lowest BCUT2D eigenvalue weighted by Gasteiger charge is -2.04. The van der Waals surface area contributed by atoms with Gasteiger partial charge in [0.2, 0.25) is 0 Å². The molecule has 74 valence electrons. The summed E-state index contributed by atoms with van der Waals surface area (Å²) in [5.74, 6) is -0.627. The van der Waals surface area contributed by atoms with Crippen molar-refractivity contribution in [3.05, 3.63) is 33.3 Å². The van der Waals surface area contributed by atoms with Gasteiger partial charge in [0.1, 0.15) is 6.29 Å². The summed E-state index contributed by atoms with van der Waals surface area (Å²) >= 11 is 11.5. The van der Waals surface area contributed by atoms with Gasteiger partial charge < -0.3 is 4.74 Å². The maximum atomic E-state index is 11.2. The molecule has 3 nitrogen and oxygen atoms in total. The van der Waals surface area contributed by atoms with Crippen molar-refractivity contribution in [2.45, 2.75) is 0 Å². The molecule has 14 heavy (non-hydrogen) atoms. The molecule has 0 spiro atoms. The van der Waals surface area contributed by atoms with Gasteiger partial charge in [-0.3, -0.25) is 4.79 Å². The number of hydrogen-bond donors (Lipinski definition) is 0. The first-order valence-corrected chi connectivity index (χ1v) is 4.38. The van der Waals surface area contributed by atoms with E-state index in [-0.39, 0.29) is 15.6 Å². The van der Waals surface area contributed by atoms with E-state index < -0.39 is 5.97 Å². The van der Waals surface area contributed by atoms with Crippen LogP contribution >= 0.6 is 23.2 Å². The van der Waals surface area contributed by atoms with E-state index in [0.29, 0.717) is 11.8 Å². The Balaban J connectivity index is 3.31. The summed E-state index contributed by atoms with van der Waals surface area (Å²) in [5, 5.41) is 0.206. The molecule has 0 radical (unpaired) electrons. The molecule has 0 saturated heterocycles. The number of rotatable bonds is 2. The van der Waals surface area contributed by atoms with Crippen LogP contribution in [0.4, 0.5) is 0 Å². The van der Waals surface area contributed by atoms with Gasteiger partial charge in [0.05, 0.1) is 22.7 Å². The standard InChI is InChI=1S/C9H6Cl2O3/c1-14-9(13)8-6(10)2-5(4-12)3-7(8)11/h2-4H,1H3. The first kappa shape index (κ1) is 11.0. The fourth-order valence-electron chi connectivity index (χ4n) is 0.958. The van der Waals surface area contributed by atoms with E-state index in [2.05, 4.69) is 4.74 Å². The molecule has 0 fully saturated rings. The van der Waals surface area contributed by atoms with Crippen molar-refractivity contribution in [2.75, 3.05) is 7.11 Å². The number of carbonyl (C=O) groups is 2. The minimum atomic E-state index is -0.627. The zero-order valence-electron chi connectivity index (χ0n) is 7.21. The average Bonchev–Trinajstić information content (AvgIpc) is 2.16. The van der Waals surface area contributed by atoms with E-state index in [0.717, 1.165) is 0 Å². The molecule has 0 aliphatic carbocycles. The molecule has 1 rings (SSSR count). The van der Waals surface area contributed by atoms with E-state index in [4.69, 9.17) is 23.2 Å². The fraction of sp³-hybridized carbons (Fsp3) is 0.111. The molecule has 0 unspecified atom stereocenters. The third-order valence-electron chi connectivity index (χ3n) is 1.59. The Kier molecular flexibility index (Phi) is 3.49. The molecule has 0 heterocycles. The second-order valence-electron chi connectivity index (χ2n) is 2.47. The van der Waals surface area contributed by atoms with Gasteiger partial charge in [-0.2, -0.15) is 0 Å². The highest BCUT2D eigenvalue weighted by atomic mass is 35.5. The maximum absolute atomic E-state index is 11.2. The highest BCUT2D eigenvalue weighted by Crippen LogP contribution is 2.26. The van der Waals surface area contributed by atoms with Crippen molar-refractivity contribution in [1.82, 2.24) is 0 Å². The molecule has 0 amide bonds. The third-order valence-corrected chi connectivity index (χ3v) is 2.19. The number of carbonyl (C=O) groups excluding carboxylic acids is 2. The summed E-state index contributed by atoms with van der Waals surface area (Å²) in [6.07, 6.45) is 0.596. The maximum Gasteiger partial charge on any atom is 0.340 e. The predicted octanol–water partition coefficient (Wildman–Crippen LogP) is 2.59. The van der Waals surface area contributed by atoms with Crippen LogP contribution in [0.3, 0.4) is 0 Å². The number of aldehydes is 1. The SMILES string of the molecule is COC(=O)c1c(Cl)cc(C=O)cc1Cl. The Morgan fingerprint density at radius 3 is 2.21 bits per heavy atom. The highest BCUT2D eigenvalue weighted by molar-refractivity contribution is 6.39. The van der Waals surface area contributed by atoms with Gasteiger partial charge in [0.25, 0.3) is 0 Å². The Bertz CT molecular complexity index is 365. The van der Waals surface area contributed by atoms with Crippen molar-refractivity contribution in [1.29, 1.82) is 0 Å². The van der Waals surface area contributed by atoms with E-state index in [1.165, 1.54) is 19.2 Å². The molecule has 1 aromatic carbocycles. The van der Waals surface area contributed by atoms with E-state index in [1.807, 2.05) is 0 Å². The minimum Gasteiger partial charge on any atom is -0.465 e. The first-order valence-electron chi connectivity index (χ1n) is 3.62. The van der Waals surface area contributed by atoms with Gasteiger partial charge in [-0.15, -0.1) is 0 Å². The quantitative estimate of drug-likeness (QED) is 0.582. The molecule has 0 atom stereocenters. The Hall–Kier alpha value is -1.06. The van der Waals surface area contributed by atoms with Crippen LogP contribution in [0.2, 0.25) is 10.0 Å². The molecular formula is C9H6Cl2O3. The Morgan fingerprint density at radius 1 is 1.36 bits per heavy atom. The van der Waals surface area contributed by atoms with Gasteiger partial charge in [0, 0.05) is 5.56 Å². The summed E-state index contributed by atoms with van der Waals surface area (Å²) in [6.45, 7) is 0. The molecule has 0 N–H and O–H groups in total. The summed E-state index contributed by atoms with van der Waals surface area (Å²) in [6, 6.07) is 2.71. The lowest BCUT2D eigenvalue weighted by molar-refractivity contribution is 0.0601. The monoisotopic (exact) mass is 232 g/mol. The number of esters is 1. The first-order chi connectivity index (χ1) is 6.60. The van der Waals surface area contributed by atoms with E-state index in [1.54, 1.807) is 0 Å². The van der Waals surface area contributed by atoms with Gasteiger partial charge in [0.15, 0.2) is 0 Å². The number of methoxy groups -OCH3 is 1. The van der Waals surface area contributed by atoms with Crippen LogP contribution in [0.5, 0.6) is 0 Å². The highest BCUT2D eigenvalue weighted by Gasteiger charge is 2.16. The fourth-order valence-corrected chi connectivity index (χ4v) is 1.62. The van der Waals surface area contributed by atoms with Crippen LogP contribution in [0.1, 0.15) is 20.7 Å². The largest absolute Gasteiger partial charge is 0.465 e. The molecular weight excluding hydrogens is 227 g/mol. The number of halogens is 2. The summed E-state index contributed by atoms with van der Waals surface area (Å²) in [7, 11) is 1.22. The normalized spacial score (nSPS) is 9.64. The van der Waals surface area contributed by atoms with Crippen LogP contribution in [0.15, 0.2) is 12.1 Å². The van der Waals surface area contributed by atoms with Crippen molar-refractivity contribution in [3.8, 4) is 0 Å². The van der Waals surface area contributed by atoms with Crippen LogP contribution in [0, 0.1) is 0 Å². The number of benzene rings is 1. The van der Waals surface area contributed by atoms with E-state index >= 15 is 0 Å². The molecule has 1 aromatic rings. The molecule has 0 aliphatic rings. The average molecular weight is 233 g/mol.